The number of thioether (sulfide) groups is 1. The molecule has 0 saturated heterocycles. The van der Waals surface area contributed by atoms with Gasteiger partial charge in [0.25, 0.3) is 0 Å². The van der Waals surface area contributed by atoms with E-state index in [2.05, 4.69) is 0 Å². The Labute approximate surface area is 125 Å². The maximum absolute atomic E-state index is 13.1. The second-order valence-corrected chi connectivity index (χ2v) is 6.35. The molecule has 106 valence electrons. The maximum Gasteiger partial charge on any atom is 0.233 e. The van der Waals surface area contributed by atoms with Crippen LogP contribution in [0.1, 0.15) is 4.88 Å². The van der Waals surface area contributed by atoms with Gasteiger partial charge in [-0.25, -0.2) is 4.39 Å². The molecule has 0 saturated carbocycles. The zero-order chi connectivity index (χ0) is 14.5. The monoisotopic (exact) mass is 310 g/mol. The Kier molecular flexibility index (Phi) is 5.03. The molecule has 3 nitrogen and oxygen atoms in total. The first-order valence-electron chi connectivity index (χ1n) is 6.00. The van der Waals surface area contributed by atoms with Gasteiger partial charge >= 0.3 is 0 Å². The highest BCUT2D eigenvalue weighted by Gasteiger charge is 2.11. The van der Waals surface area contributed by atoms with Crippen LogP contribution in [0.4, 0.5) is 10.1 Å². The largest absolute Gasteiger partial charge is 0.398 e. The zero-order valence-corrected chi connectivity index (χ0v) is 12.6. The third kappa shape index (κ3) is 3.98. The molecule has 0 spiro atoms. The summed E-state index contributed by atoms with van der Waals surface area (Å²) in [7, 11) is 1.76. The fraction of sp³-hybridized carbons (Fsp3) is 0.214. The Bertz CT molecular complexity index is 587. The summed E-state index contributed by atoms with van der Waals surface area (Å²) in [5.41, 5.74) is 6.24. The molecule has 20 heavy (non-hydrogen) atoms. The number of carbonyl (C=O) groups is 1. The molecule has 2 N–H and O–H groups in total. The molecule has 0 unspecified atom stereocenters. The van der Waals surface area contributed by atoms with Crippen LogP contribution in [-0.4, -0.2) is 23.6 Å². The SMILES string of the molecule is CN(Cc1cccs1)C(=O)CSc1cc(F)ccc1N. The standard InChI is InChI=1S/C14H15FN2OS2/c1-17(8-11-3-2-6-19-11)14(18)9-20-13-7-10(15)4-5-12(13)16/h2-7H,8-9,16H2,1H3. The number of rotatable bonds is 5. The molecule has 2 rings (SSSR count). The van der Waals surface area contributed by atoms with E-state index in [4.69, 9.17) is 5.73 Å². The predicted molar refractivity (Wildman–Crippen MR) is 82.3 cm³/mol. The van der Waals surface area contributed by atoms with Crippen LogP contribution >= 0.6 is 23.1 Å². The normalized spacial score (nSPS) is 10.5. The minimum atomic E-state index is -0.346. The van der Waals surface area contributed by atoms with Crippen molar-refractivity contribution in [3.05, 3.63) is 46.4 Å². The lowest BCUT2D eigenvalue weighted by molar-refractivity contribution is -0.127. The third-order valence-electron chi connectivity index (χ3n) is 2.73. The highest BCUT2D eigenvalue weighted by Crippen LogP contribution is 2.26. The number of benzene rings is 1. The summed E-state index contributed by atoms with van der Waals surface area (Å²) >= 11 is 2.87. The van der Waals surface area contributed by atoms with Gasteiger partial charge in [-0.2, -0.15) is 0 Å². The third-order valence-corrected chi connectivity index (χ3v) is 4.64. The van der Waals surface area contributed by atoms with Crippen LogP contribution in [0, 0.1) is 5.82 Å². The average molecular weight is 310 g/mol. The van der Waals surface area contributed by atoms with E-state index in [9.17, 15) is 9.18 Å². The number of thiophene rings is 1. The summed E-state index contributed by atoms with van der Waals surface area (Å²) in [5.74, 6) is -0.108. The zero-order valence-electron chi connectivity index (χ0n) is 11.0. The van der Waals surface area contributed by atoms with Crippen molar-refractivity contribution in [2.75, 3.05) is 18.5 Å². The molecular weight excluding hydrogens is 295 g/mol. The molecule has 0 aliphatic rings. The van der Waals surface area contributed by atoms with Gasteiger partial charge in [-0.1, -0.05) is 6.07 Å². The van der Waals surface area contributed by atoms with E-state index in [0.717, 1.165) is 4.88 Å². The molecule has 0 bridgehead atoms. The number of amides is 1. The van der Waals surface area contributed by atoms with Gasteiger partial charge < -0.3 is 10.6 Å². The summed E-state index contributed by atoms with van der Waals surface area (Å²) in [5, 5.41) is 1.98. The maximum atomic E-state index is 13.1. The number of nitrogen functional groups attached to an aromatic ring is 1. The van der Waals surface area contributed by atoms with Crippen molar-refractivity contribution < 1.29 is 9.18 Å². The van der Waals surface area contributed by atoms with Gasteiger partial charge in [0.05, 0.1) is 12.3 Å². The number of nitrogens with zero attached hydrogens (tertiary/aromatic N) is 1. The number of halogens is 1. The van der Waals surface area contributed by atoms with E-state index < -0.39 is 0 Å². The summed E-state index contributed by atoms with van der Waals surface area (Å²) in [6, 6.07) is 8.13. The number of hydrogen-bond donors (Lipinski definition) is 1. The molecule has 0 fully saturated rings. The van der Waals surface area contributed by atoms with Crippen LogP contribution in [0.15, 0.2) is 40.6 Å². The molecule has 0 atom stereocenters. The van der Waals surface area contributed by atoms with Crippen molar-refractivity contribution in [3.63, 3.8) is 0 Å². The van der Waals surface area contributed by atoms with Crippen LogP contribution in [-0.2, 0) is 11.3 Å². The Balaban J connectivity index is 1.89. The van der Waals surface area contributed by atoms with E-state index in [0.29, 0.717) is 17.1 Å². The molecular formula is C14H15FN2OS2. The number of hydrogen-bond acceptors (Lipinski definition) is 4. The average Bonchev–Trinajstić information content (AvgIpc) is 2.92. The van der Waals surface area contributed by atoms with Crippen LogP contribution in [0.2, 0.25) is 0 Å². The number of nitrogens with two attached hydrogens (primary N) is 1. The van der Waals surface area contributed by atoms with Crippen molar-refractivity contribution in [1.82, 2.24) is 4.90 Å². The van der Waals surface area contributed by atoms with Gasteiger partial charge in [0.1, 0.15) is 5.82 Å². The minimum Gasteiger partial charge on any atom is -0.398 e. The second-order valence-electron chi connectivity index (χ2n) is 4.30. The van der Waals surface area contributed by atoms with Crippen LogP contribution in [0.5, 0.6) is 0 Å². The first kappa shape index (κ1) is 14.9. The minimum absolute atomic E-state index is 0.00735. The molecule has 2 aromatic rings. The fourth-order valence-electron chi connectivity index (χ4n) is 1.61. The molecule has 1 heterocycles. The number of carbonyl (C=O) groups excluding carboxylic acids is 1. The van der Waals surface area contributed by atoms with Crippen molar-refractivity contribution >= 4 is 34.7 Å². The molecule has 6 heteroatoms. The van der Waals surface area contributed by atoms with Gasteiger partial charge in [0.15, 0.2) is 0 Å². The highest BCUT2D eigenvalue weighted by atomic mass is 32.2. The topological polar surface area (TPSA) is 46.3 Å². The van der Waals surface area contributed by atoms with Crippen molar-refractivity contribution in [3.8, 4) is 0 Å². The lowest BCUT2D eigenvalue weighted by atomic mass is 10.3. The quantitative estimate of drug-likeness (QED) is 0.681. The van der Waals surface area contributed by atoms with E-state index in [1.54, 1.807) is 23.3 Å². The Hall–Kier alpha value is -1.53. The van der Waals surface area contributed by atoms with Gasteiger partial charge in [-0.3, -0.25) is 4.79 Å². The van der Waals surface area contributed by atoms with Gasteiger partial charge in [0, 0.05) is 22.5 Å². The van der Waals surface area contributed by atoms with Crippen LogP contribution in [0.25, 0.3) is 0 Å². The van der Waals surface area contributed by atoms with E-state index >= 15 is 0 Å². The molecule has 1 aromatic heterocycles. The summed E-state index contributed by atoms with van der Waals surface area (Å²) in [4.78, 5) is 15.4. The Morgan fingerprint density at radius 3 is 2.95 bits per heavy atom. The Morgan fingerprint density at radius 2 is 2.25 bits per heavy atom. The van der Waals surface area contributed by atoms with E-state index in [-0.39, 0.29) is 17.5 Å². The summed E-state index contributed by atoms with van der Waals surface area (Å²) in [6.45, 7) is 0.593. The highest BCUT2D eigenvalue weighted by molar-refractivity contribution is 8.00. The molecule has 0 aliphatic carbocycles. The molecule has 1 amide bonds. The van der Waals surface area contributed by atoms with Gasteiger partial charge in [0.2, 0.25) is 5.91 Å². The van der Waals surface area contributed by atoms with Crippen LogP contribution in [0.3, 0.4) is 0 Å². The van der Waals surface area contributed by atoms with E-state index in [1.807, 2.05) is 17.5 Å². The van der Waals surface area contributed by atoms with E-state index in [1.165, 1.54) is 30.0 Å². The predicted octanol–water partition coefficient (Wildman–Crippen LogP) is 3.22. The van der Waals surface area contributed by atoms with Crippen LogP contribution < -0.4 is 5.73 Å². The van der Waals surface area contributed by atoms with Gasteiger partial charge in [-0.05, 0) is 29.6 Å². The smallest absolute Gasteiger partial charge is 0.233 e. The van der Waals surface area contributed by atoms with Crippen molar-refractivity contribution in [1.29, 1.82) is 0 Å². The lowest BCUT2D eigenvalue weighted by Gasteiger charge is -2.16. The first-order valence-corrected chi connectivity index (χ1v) is 7.87. The van der Waals surface area contributed by atoms with Gasteiger partial charge in [-0.15, -0.1) is 23.1 Å². The Morgan fingerprint density at radius 1 is 1.45 bits per heavy atom. The summed E-state index contributed by atoms with van der Waals surface area (Å²) in [6.07, 6.45) is 0. The molecule has 1 aromatic carbocycles. The van der Waals surface area contributed by atoms with Crippen molar-refractivity contribution in [2.45, 2.75) is 11.4 Å². The summed E-state index contributed by atoms with van der Waals surface area (Å²) < 4.78 is 13.1. The number of anilines is 1. The fourth-order valence-corrected chi connectivity index (χ4v) is 3.29. The van der Waals surface area contributed by atoms with Crippen molar-refractivity contribution in [2.24, 2.45) is 0 Å². The lowest BCUT2D eigenvalue weighted by Crippen LogP contribution is -2.27. The molecule has 0 aliphatic heterocycles. The first-order chi connectivity index (χ1) is 9.56. The molecule has 0 radical (unpaired) electrons. The second kappa shape index (κ2) is 6.76.